The normalized spacial score (nSPS) is 21.2. The van der Waals surface area contributed by atoms with Crippen molar-refractivity contribution in [3.63, 3.8) is 0 Å². The second-order valence-corrected chi connectivity index (χ2v) is 7.71. The Morgan fingerprint density at radius 1 is 1.55 bits per heavy atom. The maximum absolute atomic E-state index is 12.3. The van der Waals surface area contributed by atoms with Gasteiger partial charge in [0.1, 0.15) is 11.8 Å². The first-order valence-electron chi connectivity index (χ1n) is 7.25. The highest BCUT2D eigenvalue weighted by molar-refractivity contribution is 7.88. The summed E-state index contributed by atoms with van der Waals surface area (Å²) in [5.74, 6) is 0.512. The van der Waals surface area contributed by atoms with E-state index in [0.29, 0.717) is 25.9 Å². The fraction of sp³-hybridized carbons (Fsp3) is 0.643. The number of likely N-dealkylation sites (N-methyl/N-ethyl adjacent to an activating group) is 1. The molecule has 1 N–H and O–H groups in total. The first-order valence-corrected chi connectivity index (χ1v) is 9.10. The number of rotatable bonds is 6. The monoisotopic (exact) mass is 329 g/mol. The van der Waals surface area contributed by atoms with E-state index in [4.69, 9.17) is 4.42 Å². The maximum Gasteiger partial charge on any atom is 0.238 e. The molecule has 0 aromatic carbocycles. The summed E-state index contributed by atoms with van der Waals surface area (Å²) in [6, 6.07) is 2.96. The van der Waals surface area contributed by atoms with Gasteiger partial charge in [0.05, 0.1) is 18.6 Å². The molecule has 2 atom stereocenters. The molecule has 1 aliphatic rings. The Morgan fingerprint density at radius 3 is 2.82 bits per heavy atom. The summed E-state index contributed by atoms with van der Waals surface area (Å²) in [5.41, 5.74) is 0. The molecule has 2 heterocycles. The van der Waals surface area contributed by atoms with Gasteiger partial charge >= 0.3 is 0 Å². The number of nitrogens with one attached hydrogen (secondary N) is 1. The lowest BCUT2D eigenvalue weighted by molar-refractivity contribution is -0.124. The summed E-state index contributed by atoms with van der Waals surface area (Å²) in [6.45, 7) is 0.777. The molecule has 0 unspecified atom stereocenters. The van der Waals surface area contributed by atoms with Gasteiger partial charge in [-0.05, 0) is 39.1 Å². The van der Waals surface area contributed by atoms with Crippen molar-refractivity contribution in [1.82, 2.24) is 14.5 Å². The van der Waals surface area contributed by atoms with Crippen molar-refractivity contribution in [2.24, 2.45) is 0 Å². The number of hydrogen-bond donors (Lipinski definition) is 1. The number of nitrogens with zero attached hydrogens (tertiary/aromatic N) is 2. The summed E-state index contributed by atoms with van der Waals surface area (Å²) in [4.78, 5) is 14.3. The minimum atomic E-state index is -3.35. The second kappa shape index (κ2) is 6.80. The van der Waals surface area contributed by atoms with Crippen molar-refractivity contribution in [2.75, 3.05) is 33.4 Å². The lowest BCUT2D eigenvalue weighted by Crippen LogP contribution is -2.47. The third kappa shape index (κ3) is 3.88. The Hall–Kier alpha value is -1.38. The fourth-order valence-electron chi connectivity index (χ4n) is 2.73. The lowest BCUT2D eigenvalue weighted by atomic mass is 10.2. The first kappa shape index (κ1) is 17.0. The average molecular weight is 329 g/mol. The Bertz CT molecular complexity index is 598. The van der Waals surface area contributed by atoms with Crippen molar-refractivity contribution in [3.8, 4) is 0 Å². The number of amides is 1. The van der Waals surface area contributed by atoms with Crippen molar-refractivity contribution in [3.05, 3.63) is 24.2 Å². The van der Waals surface area contributed by atoms with Crippen LogP contribution in [0.15, 0.2) is 22.8 Å². The average Bonchev–Trinajstić information content (AvgIpc) is 3.08. The van der Waals surface area contributed by atoms with Crippen molar-refractivity contribution >= 4 is 15.9 Å². The summed E-state index contributed by atoms with van der Waals surface area (Å²) in [7, 11) is 0.450. The van der Waals surface area contributed by atoms with E-state index in [-0.39, 0.29) is 11.9 Å². The van der Waals surface area contributed by atoms with Crippen LogP contribution in [-0.2, 0) is 14.8 Å². The van der Waals surface area contributed by atoms with Crippen LogP contribution in [0.4, 0.5) is 0 Å². The summed E-state index contributed by atoms with van der Waals surface area (Å²) >= 11 is 0. The maximum atomic E-state index is 12.3. The molecule has 2 rings (SSSR count). The van der Waals surface area contributed by atoms with Crippen LogP contribution in [0.2, 0.25) is 0 Å². The molecule has 1 aliphatic heterocycles. The van der Waals surface area contributed by atoms with E-state index in [2.05, 4.69) is 5.32 Å². The lowest BCUT2D eigenvalue weighted by Gasteiger charge is -2.25. The highest BCUT2D eigenvalue weighted by Crippen LogP contribution is 2.21. The molecular formula is C14H23N3O4S. The van der Waals surface area contributed by atoms with Crippen LogP contribution < -0.4 is 5.32 Å². The third-order valence-corrected chi connectivity index (χ3v) is 5.19. The predicted molar refractivity (Wildman–Crippen MR) is 82.7 cm³/mol. The van der Waals surface area contributed by atoms with Crippen LogP contribution >= 0.6 is 0 Å². The second-order valence-electron chi connectivity index (χ2n) is 5.77. The number of carbonyl (C=O) groups is 1. The molecule has 1 fully saturated rings. The van der Waals surface area contributed by atoms with Gasteiger partial charge in [-0.3, -0.25) is 9.69 Å². The minimum Gasteiger partial charge on any atom is -0.468 e. The minimum absolute atomic E-state index is 0.0907. The number of carbonyl (C=O) groups excluding carboxylic acids is 1. The Balaban J connectivity index is 1.99. The van der Waals surface area contributed by atoms with E-state index in [0.717, 1.165) is 12.0 Å². The molecule has 0 radical (unpaired) electrons. The predicted octanol–water partition coefficient (Wildman–Crippen LogP) is 0.423. The quantitative estimate of drug-likeness (QED) is 0.818. The fourth-order valence-corrected chi connectivity index (χ4v) is 3.86. The molecule has 1 amide bonds. The molecule has 0 saturated carbocycles. The van der Waals surface area contributed by atoms with Crippen LogP contribution in [0, 0.1) is 0 Å². The Kier molecular flexibility index (Phi) is 5.25. The van der Waals surface area contributed by atoms with Crippen LogP contribution in [0.3, 0.4) is 0 Å². The standard InChI is InChI=1S/C14H23N3O4S/c1-16(2)12(13-7-5-9-21-13)10-15-14(18)11-6-4-8-17(11)22(3,19)20/h5,7,9,11-12H,4,6,8,10H2,1-3H3,(H,15,18)/t11-,12+/m0/s1. The Labute approximate surface area is 131 Å². The van der Waals surface area contributed by atoms with Crippen LogP contribution in [0.1, 0.15) is 24.6 Å². The highest BCUT2D eigenvalue weighted by atomic mass is 32.2. The summed E-state index contributed by atoms with van der Waals surface area (Å²) in [5, 5.41) is 2.85. The van der Waals surface area contributed by atoms with E-state index in [1.54, 1.807) is 12.3 Å². The van der Waals surface area contributed by atoms with Gasteiger partial charge in [-0.25, -0.2) is 8.42 Å². The van der Waals surface area contributed by atoms with Crippen LogP contribution in [0.5, 0.6) is 0 Å². The summed E-state index contributed by atoms with van der Waals surface area (Å²) in [6.07, 6.45) is 4.01. The van der Waals surface area contributed by atoms with Crippen molar-refractivity contribution in [1.29, 1.82) is 0 Å². The molecule has 0 bridgehead atoms. The van der Waals surface area contributed by atoms with Crippen LogP contribution in [0.25, 0.3) is 0 Å². The molecule has 1 aromatic heterocycles. The molecule has 7 nitrogen and oxygen atoms in total. The zero-order valence-corrected chi connectivity index (χ0v) is 14.0. The topological polar surface area (TPSA) is 82.9 Å². The first-order chi connectivity index (χ1) is 10.3. The smallest absolute Gasteiger partial charge is 0.238 e. The molecular weight excluding hydrogens is 306 g/mol. The zero-order chi connectivity index (χ0) is 16.3. The van der Waals surface area contributed by atoms with E-state index < -0.39 is 16.1 Å². The molecule has 22 heavy (non-hydrogen) atoms. The van der Waals surface area contributed by atoms with E-state index in [1.807, 2.05) is 25.1 Å². The SMILES string of the molecule is CN(C)[C@H](CNC(=O)[C@@H]1CCCN1S(C)(=O)=O)c1ccco1. The van der Waals surface area contributed by atoms with Gasteiger partial charge in [-0.2, -0.15) is 4.31 Å². The van der Waals surface area contributed by atoms with Gasteiger partial charge < -0.3 is 9.73 Å². The largest absolute Gasteiger partial charge is 0.468 e. The van der Waals surface area contributed by atoms with Crippen LogP contribution in [-0.4, -0.2) is 63.0 Å². The molecule has 1 aromatic rings. The number of furan rings is 1. The van der Waals surface area contributed by atoms with Gasteiger partial charge in [0, 0.05) is 13.1 Å². The Morgan fingerprint density at radius 2 is 2.27 bits per heavy atom. The van der Waals surface area contributed by atoms with Gasteiger partial charge in [-0.1, -0.05) is 0 Å². The third-order valence-electron chi connectivity index (χ3n) is 3.90. The van der Waals surface area contributed by atoms with Gasteiger partial charge in [0.25, 0.3) is 0 Å². The van der Waals surface area contributed by atoms with Gasteiger partial charge in [0.15, 0.2) is 0 Å². The molecule has 0 aliphatic carbocycles. The molecule has 124 valence electrons. The highest BCUT2D eigenvalue weighted by Gasteiger charge is 2.36. The molecule has 1 saturated heterocycles. The van der Waals surface area contributed by atoms with E-state index in [1.165, 1.54) is 4.31 Å². The number of sulfonamides is 1. The molecule has 8 heteroatoms. The number of hydrogen-bond acceptors (Lipinski definition) is 5. The van der Waals surface area contributed by atoms with Crippen molar-refractivity contribution < 1.29 is 17.6 Å². The van der Waals surface area contributed by atoms with E-state index >= 15 is 0 Å². The van der Waals surface area contributed by atoms with Gasteiger partial charge in [-0.15, -0.1) is 0 Å². The van der Waals surface area contributed by atoms with Crippen molar-refractivity contribution in [2.45, 2.75) is 24.9 Å². The summed E-state index contributed by atoms with van der Waals surface area (Å²) < 4.78 is 30.1. The van der Waals surface area contributed by atoms with E-state index in [9.17, 15) is 13.2 Å². The zero-order valence-electron chi connectivity index (χ0n) is 13.2. The van der Waals surface area contributed by atoms with Gasteiger partial charge in [0.2, 0.25) is 15.9 Å². The molecule has 0 spiro atoms.